The minimum Gasteiger partial charge on any atom is -0.103 e. The zero-order chi connectivity index (χ0) is 8.36. The van der Waals surface area contributed by atoms with Crippen LogP contribution in [0.4, 0.5) is 0 Å². The van der Waals surface area contributed by atoms with Gasteiger partial charge in [-0.25, -0.2) is 0 Å². The van der Waals surface area contributed by atoms with E-state index >= 15 is 0 Å². The summed E-state index contributed by atoms with van der Waals surface area (Å²) in [7, 11) is 0. The van der Waals surface area contributed by atoms with E-state index in [0.717, 1.165) is 19.3 Å². The molecule has 0 rings (SSSR count). The first-order valence-corrected chi connectivity index (χ1v) is 3.95. The Kier molecular flexibility index (Phi) is 8.11. The van der Waals surface area contributed by atoms with Crippen molar-refractivity contribution < 1.29 is 0 Å². The van der Waals surface area contributed by atoms with Gasteiger partial charge in [0.1, 0.15) is 0 Å². The highest BCUT2D eigenvalue weighted by atomic mass is 13.8. The highest BCUT2D eigenvalue weighted by Gasteiger charge is 1.73. The lowest BCUT2D eigenvalue weighted by Gasteiger charge is -1.83. The predicted octanol–water partition coefficient (Wildman–Crippen LogP) is 3.64. The summed E-state index contributed by atoms with van der Waals surface area (Å²) in [5.41, 5.74) is 0. The lowest BCUT2D eigenvalue weighted by Crippen LogP contribution is -1.63. The van der Waals surface area contributed by atoms with Crippen molar-refractivity contribution in [2.45, 2.75) is 19.3 Å². The van der Waals surface area contributed by atoms with E-state index in [1.54, 1.807) is 6.08 Å². The molecule has 0 saturated heterocycles. The van der Waals surface area contributed by atoms with Crippen LogP contribution in [0.15, 0.2) is 49.6 Å². The SMILES string of the molecule is C=CC=CCC=CCCC=C. The van der Waals surface area contributed by atoms with Gasteiger partial charge in [-0.1, -0.05) is 43.0 Å². The molecule has 0 saturated carbocycles. The molecule has 0 aliphatic rings. The van der Waals surface area contributed by atoms with Crippen molar-refractivity contribution in [2.24, 2.45) is 0 Å². The molecule has 0 bridgehead atoms. The fourth-order valence-electron chi connectivity index (χ4n) is 0.682. The molecule has 0 atom stereocenters. The Balaban J connectivity index is 3.22. The number of hydrogen-bond donors (Lipinski definition) is 0. The number of allylic oxidation sites excluding steroid dienone is 6. The van der Waals surface area contributed by atoms with E-state index in [4.69, 9.17) is 0 Å². The van der Waals surface area contributed by atoms with Crippen LogP contribution in [0, 0.1) is 0 Å². The predicted molar refractivity (Wildman–Crippen MR) is 52.5 cm³/mol. The standard InChI is InChI=1S/C11H16/c1-3-5-7-9-11-10-8-6-4-2/h3-5,7,10-11H,1-2,6,8-9H2. The molecule has 0 aromatic rings. The van der Waals surface area contributed by atoms with Gasteiger partial charge in [0.2, 0.25) is 0 Å². The maximum atomic E-state index is 3.65. The Hall–Kier alpha value is -1.04. The third-order valence-corrected chi connectivity index (χ3v) is 1.25. The maximum Gasteiger partial charge on any atom is -0.0166 e. The fraction of sp³-hybridized carbons (Fsp3) is 0.273. The topological polar surface area (TPSA) is 0 Å². The van der Waals surface area contributed by atoms with E-state index < -0.39 is 0 Å². The van der Waals surface area contributed by atoms with E-state index in [9.17, 15) is 0 Å². The Bertz CT molecular complexity index is 149. The summed E-state index contributed by atoms with van der Waals surface area (Å²) in [5.74, 6) is 0. The molecule has 0 spiro atoms. The Morgan fingerprint density at radius 1 is 0.909 bits per heavy atom. The van der Waals surface area contributed by atoms with Crippen molar-refractivity contribution in [3.63, 3.8) is 0 Å². The minimum absolute atomic E-state index is 1.00. The van der Waals surface area contributed by atoms with Gasteiger partial charge in [0.25, 0.3) is 0 Å². The zero-order valence-corrected chi connectivity index (χ0v) is 7.00. The van der Waals surface area contributed by atoms with Crippen LogP contribution in [-0.2, 0) is 0 Å². The lowest BCUT2D eigenvalue weighted by atomic mass is 10.2. The summed E-state index contributed by atoms with van der Waals surface area (Å²) in [5, 5.41) is 0. The van der Waals surface area contributed by atoms with Crippen LogP contribution in [0.3, 0.4) is 0 Å². The molecule has 0 fully saturated rings. The monoisotopic (exact) mass is 148 g/mol. The first kappa shape index (κ1) is 9.96. The van der Waals surface area contributed by atoms with E-state index in [0.29, 0.717) is 0 Å². The molecule has 0 amide bonds. The quantitative estimate of drug-likeness (QED) is 0.306. The highest BCUT2D eigenvalue weighted by Crippen LogP contribution is 1.93. The molecule has 11 heavy (non-hydrogen) atoms. The molecule has 0 aromatic heterocycles. The molecule has 60 valence electrons. The average molecular weight is 148 g/mol. The first-order valence-electron chi connectivity index (χ1n) is 3.95. The Morgan fingerprint density at radius 3 is 2.36 bits per heavy atom. The van der Waals surface area contributed by atoms with E-state index in [2.05, 4.69) is 31.4 Å². The van der Waals surface area contributed by atoms with Crippen LogP contribution >= 0.6 is 0 Å². The van der Waals surface area contributed by atoms with Gasteiger partial charge in [0.05, 0.1) is 0 Å². The summed E-state index contributed by atoms with van der Waals surface area (Å²) in [6.07, 6.45) is 15.3. The molecule has 0 heterocycles. The van der Waals surface area contributed by atoms with Crippen molar-refractivity contribution in [1.82, 2.24) is 0 Å². The third kappa shape index (κ3) is 8.96. The van der Waals surface area contributed by atoms with E-state index in [-0.39, 0.29) is 0 Å². The number of unbranched alkanes of at least 4 members (excludes halogenated alkanes) is 1. The average Bonchev–Trinajstić information content (AvgIpc) is 2.03. The van der Waals surface area contributed by atoms with Crippen LogP contribution in [0.25, 0.3) is 0 Å². The molecule has 0 aliphatic carbocycles. The molecule has 0 aliphatic heterocycles. The summed E-state index contributed by atoms with van der Waals surface area (Å²) in [6.45, 7) is 7.23. The molecule has 0 nitrogen and oxygen atoms in total. The number of hydrogen-bond acceptors (Lipinski definition) is 0. The minimum atomic E-state index is 1.00. The summed E-state index contributed by atoms with van der Waals surface area (Å²) >= 11 is 0. The van der Waals surface area contributed by atoms with Gasteiger partial charge in [0, 0.05) is 0 Å². The second-order valence-electron chi connectivity index (χ2n) is 2.24. The summed E-state index contributed by atoms with van der Waals surface area (Å²) in [6, 6.07) is 0. The zero-order valence-electron chi connectivity index (χ0n) is 7.00. The maximum absolute atomic E-state index is 3.65. The van der Waals surface area contributed by atoms with Gasteiger partial charge in [0.15, 0.2) is 0 Å². The van der Waals surface area contributed by atoms with Crippen LogP contribution in [-0.4, -0.2) is 0 Å². The van der Waals surface area contributed by atoms with Crippen LogP contribution in [0.1, 0.15) is 19.3 Å². The fourth-order valence-corrected chi connectivity index (χ4v) is 0.682. The second-order valence-corrected chi connectivity index (χ2v) is 2.24. The second kappa shape index (κ2) is 8.96. The third-order valence-electron chi connectivity index (χ3n) is 1.25. The van der Waals surface area contributed by atoms with E-state index in [1.807, 2.05) is 12.2 Å². The number of rotatable bonds is 6. The highest BCUT2D eigenvalue weighted by molar-refractivity contribution is 5.01. The van der Waals surface area contributed by atoms with Crippen molar-refractivity contribution in [1.29, 1.82) is 0 Å². The van der Waals surface area contributed by atoms with Crippen LogP contribution in [0.5, 0.6) is 0 Å². The van der Waals surface area contributed by atoms with Crippen molar-refractivity contribution in [2.75, 3.05) is 0 Å². The van der Waals surface area contributed by atoms with E-state index in [1.165, 1.54) is 0 Å². The summed E-state index contributed by atoms with van der Waals surface area (Å²) in [4.78, 5) is 0. The smallest absolute Gasteiger partial charge is 0.0166 e. The van der Waals surface area contributed by atoms with Gasteiger partial charge in [-0.2, -0.15) is 0 Å². The largest absolute Gasteiger partial charge is 0.103 e. The van der Waals surface area contributed by atoms with Crippen LogP contribution < -0.4 is 0 Å². The molecule has 0 N–H and O–H groups in total. The van der Waals surface area contributed by atoms with Crippen molar-refractivity contribution >= 4 is 0 Å². The molecular formula is C11H16. The molecule has 0 heteroatoms. The van der Waals surface area contributed by atoms with Gasteiger partial charge < -0.3 is 0 Å². The first-order chi connectivity index (χ1) is 5.41. The molecule has 0 unspecified atom stereocenters. The van der Waals surface area contributed by atoms with Gasteiger partial charge in [-0.3, -0.25) is 0 Å². The normalized spacial score (nSPS) is 10.9. The molecule has 0 radical (unpaired) electrons. The summed E-state index contributed by atoms with van der Waals surface area (Å²) < 4.78 is 0. The Morgan fingerprint density at radius 2 is 1.73 bits per heavy atom. The van der Waals surface area contributed by atoms with Crippen molar-refractivity contribution in [3.05, 3.63) is 49.6 Å². The van der Waals surface area contributed by atoms with Gasteiger partial charge in [-0.15, -0.1) is 6.58 Å². The molecular weight excluding hydrogens is 132 g/mol. The molecule has 0 aromatic carbocycles. The van der Waals surface area contributed by atoms with Gasteiger partial charge >= 0.3 is 0 Å². The Labute approximate surface area is 69.6 Å². The van der Waals surface area contributed by atoms with Gasteiger partial charge in [-0.05, 0) is 19.3 Å². The van der Waals surface area contributed by atoms with Crippen LogP contribution in [0.2, 0.25) is 0 Å². The van der Waals surface area contributed by atoms with Crippen molar-refractivity contribution in [3.8, 4) is 0 Å². The lowest BCUT2D eigenvalue weighted by molar-refractivity contribution is 1.05.